The first kappa shape index (κ1) is 21.0. The van der Waals surface area contributed by atoms with E-state index in [1.807, 2.05) is 66.9 Å². The van der Waals surface area contributed by atoms with E-state index in [4.69, 9.17) is 0 Å². The van der Waals surface area contributed by atoms with Crippen LogP contribution < -0.4 is 10.7 Å². The molecule has 8 nitrogen and oxygen atoms in total. The molecule has 0 aliphatic carbocycles. The maximum Gasteiger partial charge on any atom is 0.322 e. The Hall–Kier alpha value is -4.59. The summed E-state index contributed by atoms with van der Waals surface area (Å²) in [5.74, 6) is -0.489. The Morgan fingerprint density at radius 2 is 1.83 bits per heavy atom. The number of benzene rings is 2. The molecule has 3 amide bonds. The number of carbonyl (C=O) groups excluding carboxylic acids is 2. The smallest absolute Gasteiger partial charge is 0.316 e. The molecule has 6 rings (SSSR count). The number of urea groups is 1. The highest BCUT2D eigenvalue weighted by Gasteiger charge is 2.29. The molecule has 0 bridgehead atoms. The number of hydrogen-bond donors (Lipinski definition) is 2. The predicted octanol–water partition coefficient (Wildman–Crippen LogP) is 4.19. The van der Waals surface area contributed by atoms with Crippen molar-refractivity contribution in [3.8, 4) is 0 Å². The van der Waals surface area contributed by atoms with Crippen LogP contribution in [0.15, 0.2) is 84.4 Å². The predicted molar refractivity (Wildman–Crippen MR) is 133 cm³/mol. The number of nitrogens with zero attached hydrogens (tertiary/aromatic N) is 4. The fraction of sp³-hybridized carbons (Fsp3) is 0.148. The van der Waals surface area contributed by atoms with Crippen LogP contribution in [0.25, 0.3) is 10.9 Å². The third-order valence-corrected chi connectivity index (χ3v) is 6.55. The van der Waals surface area contributed by atoms with Crippen molar-refractivity contribution in [2.75, 3.05) is 5.32 Å². The van der Waals surface area contributed by atoms with Crippen molar-refractivity contribution in [3.05, 3.63) is 102 Å². The number of pyridine rings is 2. The summed E-state index contributed by atoms with van der Waals surface area (Å²) in [7, 11) is 0. The van der Waals surface area contributed by atoms with E-state index in [9.17, 15) is 9.59 Å². The molecule has 2 aromatic heterocycles. The number of carbonyl (C=O) groups is 2. The van der Waals surface area contributed by atoms with Crippen molar-refractivity contribution in [1.82, 2.24) is 20.3 Å². The number of nitrogens with one attached hydrogen (secondary N) is 2. The van der Waals surface area contributed by atoms with Crippen LogP contribution in [0.5, 0.6) is 0 Å². The molecule has 0 spiro atoms. The Morgan fingerprint density at radius 1 is 0.971 bits per heavy atom. The zero-order valence-electron chi connectivity index (χ0n) is 18.8. The van der Waals surface area contributed by atoms with Gasteiger partial charge in [-0.15, -0.1) is 0 Å². The summed E-state index contributed by atoms with van der Waals surface area (Å²) in [4.78, 5) is 35.7. The van der Waals surface area contributed by atoms with Crippen molar-refractivity contribution in [1.29, 1.82) is 0 Å². The third kappa shape index (κ3) is 3.99. The van der Waals surface area contributed by atoms with Gasteiger partial charge in [0.05, 0.1) is 17.1 Å². The van der Waals surface area contributed by atoms with Gasteiger partial charge in [0.25, 0.3) is 0 Å². The lowest BCUT2D eigenvalue weighted by atomic mass is 9.87. The van der Waals surface area contributed by atoms with Crippen molar-refractivity contribution < 1.29 is 9.59 Å². The van der Waals surface area contributed by atoms with Crippen LogP contribution >= 0.6 is 0 Å². The second-order valence-electron chi connectivity index (χ2n) is 8.72. The van der Waals surface area contributed by atoms with Crippen molar-refractivity contribution in [3.63, 3.8) is 0 Å². The Bertz CT molecular complexity index is 1450. The summed E-state index contributed by atoms with van der Waals surface area (Å²) in [6, 6.07) is 19.0. The van der Waals surface area contributed by atoms with Crippen LogP contribution in [-0.4, -0.2) is 32.5 Å². The quantitative estimate of drug-likeness (QED) is 0.477. The number of hydrazone groups is 1. The Labute approximate surface area is 201 Å². The zero-order valence-corrected chi connectivity index (χ0v) is 18.8. The molecule has 2 aromatic carbocycles. The molecule has 2 aliphatic rings. The van der Waals surface area contributed by atoms with Crippen LogP contribution in [0.1, 0.15) is 34.6 Å². The first-order chi connectivity index (χ1) is 17.2. The van der Waals surface area contributed by atoms with Crippen LogP contribution in [0.2, 0.25) is 0 Å². The second kappa shape index (κ2) is 8.64. The number of rotatable bonds is 3. The van der Waals surface area contributed by atoms with Gasteiger partial charge in [-0.2, -0.15) is 5.10 Å². The number of aromatic nitrogens is 2. The normalized spacial score (nSPS) is 17.0. The van der Waals surface area contributed by atoms with Gasteiger partial charge in [0.2, 0.25) is 5.91 Å². The molecule has 4 heterocycles. The molecular formula is C27H22N6O2. The molecule has 0 radical (unpaired) electrons. The average Bonchev–Trinajstić information content (AvgIpc) is 3.34. The van der Waals surface area contributed by atoms with Crippen molar-refractivity contribution >= 4 is 34.2 Å². The minimum Gasteiger partial charge on any atom is -0.316 e. The monoisotopic (exact) mass is 462 g/mol. The maximum absolute atomic E-state index is 12.7. The lowest BCUT2D eigenvalue weighted by Crippen LogP contribution is -2.33. The number of hydrogen-bond acceptors (Lipinski definition) is 5. The standard InChI is InChI=1S/C27H22N6O2/c34-26-23(21-3-1-5-24-22(21)4-2-11-29-24)13-25(31-32-26)17-6-8-20(9-7-17)30-27(35)33-15-18-10-12-28-14-19(18)16-33/h1-12,14,23H,13,15-16H2,(H,30,35)(H,32,34). The number of amides is 3. The van der Waals surface area contributed by atoms with E-state index in [2.05, 4.69) is 25.8 Å². The number of anilines is 1. The highest BCUT2D eigenvalue weighted by molar-refractivity contribution is 6.07. The first-order valence-electron chi connectivity index (χ1n) is 11.4. The average molecular weight is 463 g/mol. The summed E-state index contributed by atoms with van der Waals surface area (Å²) in [6.45, 7) is 1.12. The minimum absolute atomic E-state index is 0.129. The van der Waals surface area contributed by atoms with Gasteiger partial charge in [-0.1, -0.05) is 30.3 Å². The molecule has 0 saturated carbocycles. The van der Waals surface area contributed by atoms with Gasteiger partial charge in [0.1, 0.15) is 0 Å². The minimum atomic E-state index is -0.360. The Morgan fingerprint density at radius 3 is 2.69 bits per heavy atom. The molecule has 4 aromatic rings. The molecule has 1 unspecified atom stereocenters. The Kier molecular flexibility index (Phi) is 5.18. The summed E-state index contributed by atoms with van der Waals surface area (Å²) in [5.41, 5.74) is 9.06. The highest BCUT2D eigenvalue weighted by atomic mass is 16.2. The van der Waals surface area contributed by atoms with Crippen molar-refractivity contribution in [2.45, 2.75) is 25.4 Å². The van der Waals surface area contributed by atoms with Gasteiger partial charge < -0.3 is 10.2 Å². The lowest BCUT2D eigenvalue weighted by molar-refractivity contribution is -0.122. The molecule has 172 valence electrons. The summed E-state index contributed by atoms with van der Waals surface area (Å²) in [5, 5.41) is 8.24. The fourth-order valence-electron chi connectivity index (χ4n) is 4.71. The summed E-state index contributed by atoms with van der Waals surface area (Å²) in [6.07, 6.45) is 5.78. The fourth-order valence-corrected chi connectivity index (χ4v) is 4.71. The van der Waals surface area contributed by atoms with Gasteiger partial charge in [0, 0.05) is 49.2 Å². The van der Waals surface area contributed by atoms with E-state index in [0.717, 1.165) is 38.9 Å². The van der Waals surface area contributed by atoms with Crippen molar-refractivity contribution in [2.24, 2.45) is 5.10 Å². The largest absolute Gasteiger partial charge is 0.322 e. The van der Waals surface area contributed by atoms with E-state index in [1.165, 1.54) is 0 Å². The number of fused-ring (bicyclic) bond motifs is 2. The molecule has 0 fully saturated rings. The Balaban J connectivity index is 1.17. The van der Waals surface area contributed by atoms with Gasteiger partial charge in [-0.25, -0.2) is 10.2 Å². The third-order valence-electron chi connectivity index (χ3n) is 6.55. The van der Waals surface area contributed by atoms with E-state index in [-0.39, 0.29) is 17.9 Å². The molecule has 8 heteroatoms. The second-order valence-corrected chi connectivity index (χ2v) is 8.72. The van der Waals surface area contributed by atoms with Crippen LogP contribution in [-0.2, 0) is 17.9 Å². The van der Waals surface area contributed by atoms with E-state index in [0.29, 0.717) is 25.2 Å². The van der Waals surface area contributed by atoms with Gasteiger partial charge in [0.15, 0.2) is 0 Å². The summed E-state index contributed by atoms with van der Waals surface area (Å²) < 4.78 is 0. The molecule has 2 aliphatic heterocycles. The van der Waals surface area contributed by atoms with E-state index >= 15 is 0 Å². The topological polar surface area (TPSA) is 99.6 Å². The van der Waals surface area contributed by atoms with Crippen LogP contribution in [0.3, 0.4) is 0 Å². The lowest BCUT2D eigenvalue weighted by Gasteiger charge is -2.23. The molecular weight excluding hydrogens is 440 g/mol. The molecule has 1 atom stereocenters. The van der Waals surface area contributed by atoms with Gasteiger partial charge in [-0.3, -0.25) is 14.8 Å². The van der Waals surface area contributed by atoms with E-state index < -0.39 is 0 Å². The van der Waals surface area contributed by atoms with Gasteiger partial charge >= 0.3 is 6.03 Å². The molecule has 2 N–H and O–H groups in total. The highest BCUT2D eigenvalue weighted by Crippen LogP contribution is 2.31. The van der Waals surface area contributed by atoms with Crippen LogP contribution in [0, 0.1) is 0 Å². The maximum atomic E-state index is 12.7. The van der Waals surface area contributed by atoms with Gasteiger partial charge in [-0.05, 0) is 52.6 Å². The zero-order chi connectivity index (χ0) is 23.8. The van der Waals surface area contributed by atoms with E-state index in [1.54, 1.807) is 17.3 Å². The van der Waals surface area contributed by atoms with Crippen LogP contribution in [0.4, 0.5) is 10.5 Å². The summed E-state index contributed by atoms with van der Waals surface area (Å²) >= 11 is 0. The first-order valence-corrected chi connectivity index (χ1v) is 11.4. The SMILES string of the molecule is O=C1NN=C(c2ccc(NC(=O)N3Cc4ccncc4C3)cc2)CC1c1cccc2ncccc12. The molecule has 0 saturated heterocycles. The molecule has 35 heavy (non-hydrogen) atoms.